The van der Waals surface area contributed by atoms with Crippen molar-refractivity contribution < 1.29 is 18.7 Å². The number of hydrogen-bond acceptors (Lipinski definition) is 10. The fourth-order valence-corrected chi connectivity index (χ4v) is 4.44. The highest BCUT2D eigenvalue weighted by Gasteiger charge is 2.33. The maximum atomic E-state index is 12.5. The van der Waals surface area contributed by atoms with Gasteiger partial charge in [-0.1, -0.05) is 24.3 Å². The summed E-state index contributed by atoms with van der Waals surface area (Å²) < 4.78 is 16.4. The highest BCUT2D eigenvalue weighted by atomic mass is 16.6. The first-order valence-electron chi connectivity index (χ1n) is 13.4. The number of anilines is 1. The summed E-state index contributed by atoms with van der Waals surface area (Å²) in [5.74, 6) is 0.977. The highest BCUT2D eigenvalue weighted by molar-refractivity contribution is 5.89. The molecule has 3 N–H and O–H groups in total. The number of nitrogens with two attached hydrogens (primary N) is 1. The van der Waals surface area contributed by atoms with Crippen LogP contribution >= 0.6 is 0 Å². The predicted molar refractivity (Wildman–Crippen MR) is 150 cm³/mol. The lowest BCUT2D eigenvalue weighted by atomic mass is 10.1. The number of rotatable bonds is 13. The summed E-state index contributed by atoms with van der Waals surface area (Å²) in [5, 5.41) is 3.43. The van der Waals surface area contributed by atoms with Crippen LogP contribution in [0.3, 0.4) is 0 Å². The number of aromatic nitrogens is 3. The van der Waals surface area contributed by atoms with Crippen molar-refractivity contribution in [1.82, 2.24) is 20.3 Å². The predicted octanol–water partition coefficient (Wildman–Crippen LogP) is 3.66. The van der Waals surface area contributed by atoms with Crippen molar-refractivity contribution in [3.8, 4) is 17.1 Å². The first-order chi connectivity index (χ1) is 19.6. The van der Waals surface area contributed by atoms with Gasteiger partial charge in [0.1, 0.15) is 23.6 Å². The number of nitrogens with zero attached hydrogens (tertiary/aromatic N) is 4. The SMILES string of the molecule is NCCCCCOc1cccc(-c2cccc(CNCC[C@H]3CN(c4ccc5ncc(=O)oc5n4)C(=O)O3)c2)n1. The lowest BCUT2D eigenvalue weighted by molar-refractivity contribution is 0.136. The molecule has 1 saturated heterocycles. The van der Waals surface area contributed by atoms with Gasteiger partial charge in [-0.05, 0) is 68.6 Å². The van der Waals surface area contributed by atoms with E-state index in [9.17, 15) is 9.59 Å². The molecule has 1 aromatic carbocycles. The second-order valence-corrected chi connectivity index (χ2v) is 9.51. The molecule has 0 spiro atoms. The summed E-state index contributed by atoms with van der Waals surface area (Å²) in [6.07, 6.45) is 3.97. The molecule has 208 valence electrons. The zero-order valence-electron chi connectivity index (χ0n) is 22.1. The molecule has 5 rings (SSSR count). The largest absolute Gasteiger partial charge is 0.478 e. The maximum absolute atomic E-state index is 12.5. The number of cyclic esters (lactones) is 1. The van der Waals surface area contributed by atoms with Crippen LogP contribution in [0.15, 0.2) is 70.0 Å². The van der Waals surface area contributed by atoms with E-state index < -0.39 is 11.7 Å². The van der Waals surface area contributed by atoms with Gasteiger partial charge < -0.3 is 24.9 Å². The lowest BCUT2D eigenvalue weighted by Gasteiger charge is -2.12. The fourth-order valence-electron chi connectivity index (χ4n) is 4.44. The number of benzene rings is 1. The van der Waals surface area contributed by atoms with Crippen LogP contribution in [0.2, 0.25) is 0 Å². The van der Waals surface area contributed by atoms with E-state index in [1.165, 1.54) is 4.90 Å². The standard InChI is InChI=1S/C29H32N6O5/c30-13-2-1-3-15-38-26-9-5-8-23(33-26)21-7-4-6-20(16-21)17-31-14-12-22-19-35(29(37)39-22)25-11-10-24-28(34-25)40-27(36)18-32-24/h4-11,16,18,22,31H,1-3,12-15,17,19,30H2/t22-/m0/s1. The molecule has 1 atom stereocenters. The first-order valence-corrected chi connectivity index (χ1v) is 13.4. The lowest BCUT2D eigenvalue weighted by Crippen LogP contribution is -2.26. The Balaban J connectivity index is 1.10. The van der Waals surface area contributed by atoms with Crippen molar-refractivity contribution in [2.24, 2.45) is 5.73 Å². The van der Waals surface area contributed by atoms with Crippen LogP contribution in [0, 0.1) is 0 Å². The molecule has 0 saturated carbocycles. The summed E-state index contributed by atoms with van der Waals surface area (Å²) in [5.41, 5.74) is 8.45. The van der Waals surface area contributed by atoms with Crippen molar-refractivity contribution in [3.05, 3.63) is 76.8 Å². The molecule has 4 aromatic rings. The van der Waals surface area contributed by atoms with Crippen LogP contribution in [0.4, 0.5) is 10.6 Å². The Morgan fingerprint density at radius 3 is 2.85 bits per heavy atom. The Morgan fingerprint density at radius 2 is 1.95 bits per heavy atom. The zero-order valence-corrected chi connectivity index (χ0v) is 22.1. The number of carbonyl (C=O) groups is 1. The van der Waals surface area contributed by atoms with Crippen LogP contribution < -0.4 is 26.3 Å². The van der Waals surface area contributed by atoms with E-state index in [2.05, 4.69) is 32.4 Å². The molecular formula is C29H32N6O5. The molecule has 40 heavy (non-hydrogen) atoms. The van der Waals surface area contributed by atoms with Crippen LogP contribution in [-0.4, -0.2) is 53.4 Å². The van der Waals surface area contributed by atoms with Gasteiger partial charge in [-0.25, -0.2) is 19.6 Å². The average molecular weight is 545 g/mol. The molecule has 1 fully saturated rings. The summed E-state index contributed by atoms with van der Waals surface area (Å²) in [6.45, 7) is 3.01. The highest BCUT2D eigenvalue weighted by Crippen LogP contribution is 2.23. The quantitative estimate of drug-likeness (QED) is 0.239. The van der Waals surface area contributed by atoms with E-state index in [1.54, 1.807) is 12.1 Å². The van der Waals surface area contributed by atoms with Gasteiger partial charge in [0, 0.05) is 18.2 Å². The third-order valence-electron chi connectivity index (χ3n) is 6.50. The van der Waals surface area contributed by atoms with Crippen LogP contribution in [0.25, 0.3) is 22.5 Å². The fraction of sp³-hybridized carbons (Fsp3) is 0.345. The number of unbranched alkanes of at least 4 members (excludes halogenated alkanes) is 2. The number of carbonyl (C=O) groups excluding carboxylic acids is 1. The van der Waals surface area contributed by atoms with Gasteiger partial charge in [-0.2, -0.15) is 4.98 Å². The summed E-state index contributed by atoms with van der Waals surface area (Å²) in [4.78, 5) is 38.3. The van der Waals surface area contributed by atoms with Crippen LogP contribution in [0.5, 0.6) is 5.88 Å². The Labute approximate surface area is 231 Å². The molecule has 1 amide bonds. The minimum atomic E-state index is -0.598. The molecule has 1 aliphatic rings. The van der Waals surface area contributed by atoms with Crippen molar-refractivity contribution in [3.63, 3.8) is 0 Å². The Bertz CT molecular complexity index is 1510. The van der Waals surface area contributed by atoms with E-state index in [1.807, 2.05) is 30.3 Å². The number of amides is 1. The van der Waals surface area contributed by atoms with Crippen LogP contribution in [0.1, 0.15) is 31.2 Å². The molecule has 11 heteroatoms. The Morgan fingerprint density at radius 1 is 1.05 bits per heavy atom. The van der Waals surface area contributed by atoms with Gasteiger partial charge in [0.15, 0.2) is 0 Å². The van der Waals surface area contributed by atoms with Gasteiger partial charge in [0.25, 0.3) is 5.71 Å². The zero-order chi connectivity index (χ0) is 27.7. The van der Waals surface area contributed by atoms with E-state index >= 15 is 0 Å². The number of pyridine rings is 2. The molecule has 0 radical (unpaired) electrons. The number of hydrogen-bond donors (Lipinski definition) is 2. The van der Waals surface area contributed by atoms with Gasteiger partial charge in [-0.3, -0.25) is 4.90 Å². The van der Waals surface area contributed by atoms with E-state index in [0.717, 1.165) is 42.3 Å². The van der Waals surface area contributed by atoms with Crippen molar-refractivity contribution in [1.29, 1.82) is 0 Å². The molecule has 0 unspecified atom stereocenters. The van der Waals surface area contributed by atoms with E-state index in [0.29, 0.717) is 56.4 Å². The van der Waals surface area contributed by atoms with Crippen molar-refractivity contribution in [2.45, 2.75) is 38.3 Å². The van der Waals surface area contributed by atoms with Gasteiger partial charge in [0.2, 0.25) is 5.88 Å². The number of ether oxygens (including phenoxy) is 2. The molecule has 1 aliphatic heterocycles. The maximum Gasteiger partial charge on any atom is 0.415 e. The van der Waals surface area contributed by atoms with Crippen LogP contribution in [-0.2, 0) is 11.3 Å². The molecule has 4 heterocycles. The van der Waals surface area contributed by atoms with Crippen molar-refractivity contribution >= 4 is 23.1 Å². The molecule has 0 bridgehead atoms. The Hall–Kier alpha value is -4.35. The topological polar surface area (TPSA) is 146 Å². The molecular weight excluding hydrogens is 512 g/mol. The molecule has 0 aliphatic carbocycles. The van der Waals surface area contributed by atoms with Gasteiger partial charge in [0.05, 0.1) is 18.8 Å². The molecule has 3 aromatic heterocycles. The summed E-state index contributed by atoms with van der Waals surface area (Å²) in [6, 6.07) is 17.3. The van der Waals surface area contributed by atoms with Gasteiger partial charge in [-0.15, -0.1) is 0 Å². The summed E-state index contributed by atoms with van der Waals surface area (Å²) >= 11 is 0. The number of nitrogens with one attached hydrogen (secondary N) is 1. The number of fused-ring (bicyclic) bond motifs is 1. The average Bonchev–Trinajstić information content (AvgIpc) is 3.35. The second kappa shape index (κ2) is 13.1. The molecule has 11 nitrogen and oxygen atoms in total. The van der Waals surface area contributed by atoms with Crippen molar-refractivity contribution in [2.75, 3.05) is 31.1 Å². The van der Waals surface area contributed by atoms with E-state index in [4.69, 9.17) is 19.6 Å². The first kappa shape index (κ1) is 27.2. The minimum Gasteiger partial charge on any atom is -0.478 e. The summed E-state index contributed by atoms with van der Waals surface area (Å²) in [7, 11) is 0. The third-order valence-corrected chi connectivity index (χ3v) is 6.50. The second-order valence-electron chi connectivity index (χ2n) is 9.51. The Kier molecular flexibility index (Phi) is 8.94. The smallest absolute Gasteiger partial charge is 0.415 e. The van der Waals surface area contributed by atoms with E-state index in [-0.39, 0.29) is 11.8 Å². The monoisotopic (exact) mass is 544 g/mol. The normalized spacial score (nSPS) is 15.0. The third kappa shape index (κ3) is 6.99. The minimum absolute atomic E-state index is 0.0814. The van der Waals surface area contributed by atoms with Gasteiger partial charge >= 0.3 is 11.7 Å².